The number of hydrogen-bond donors (Lipinski definition) is 0. The zero-order chi connectivity index (χ0) is 8.89. The number of anilines is 1. The van der Waals surface area contributed by atoms with Gasteiger partial charge in [0.05, 0.1) is 11.4 Å². The van der Waals surface area contributed by atoms with E-state index in [2.05, 4.69) is 23.0 Å². The lowest BCUT2D eigenvalue weighted by atomic mass is 9.67. The number of pyridine rings is 1. The molecule has 1 aliphatic carbocycles. The third kappa shape index (κ3) is 0.808. The Balaban J connectivity index is 2.15. The fourth-order valence-electron chi connectivity index (χ4n) is 2.73. The Kier molecular flexibility index (Phi) is 1.27. The molecule has 1 spiro atoms. The van der Waals surface area contributed by atoms with Crippen molar-refractivity contribution in [1.29, 1.82) is 0 Å². The third-order valence-corrected chi connectivity index (χ3v) is 3.55. The van der Waals surface area contributed by atoms with Crippen LogP contribution in [0.5, 0.6) is 0 Å². The molecule has 68 valence electrons. The molecule has 1 fully saturated rings. The van der Waals surface area contributed by atoms with Crippen LogP contribution in [0.4, 0.5) is 5.69 Å². The first kappa shape index (κ1) is 7.36. The summed E-state index contributed by atoms with van der Waals surface area (Å²) >= 11 is 0. The van der Waals surface area contributed by atoms with E-state index < -0.39 is 0 Å². The Hall–Kier alpha value is -1.05. The van der Waals surface area contributed by atoms with Gasteiger partial charge in [-0.15, -0.1) is 0 Å². The summed E-state index contributed by atoms with van der Waals surface area (Å²) < 4.78 is 0. The van der Waals surface area contributed by atoms with E-state index in [1.165, 1.54) is 37.2 Å². The van der Waals surface area contributed by atoms with E-state index in [1.807, 2.05) is 12.3 Å². The van der Waals surface area contributed by atoms with Crippen LogP contribution in [0.3, 0.4) is 0 Å². The first-order valence-corrected chi connectivity index (χ1v) is 4.98. The topological polar surface area (TPSA) is 16.1 Å². The zero-order valence-electron chi connectivity index (χ0n) is 7.95. The molecule has 0 aromatic carbocycles. The maximum atomic E-state index is 4.54. The molecule has 0 bridgehead atoms. The predicted octanol–water partition coefficient (Wildman–Crippen LogP) is 1.95. The van der Waals surface area contributed by atoms with Crippen LogP contribution < -0.4 is 4.90 Å². The van der Waals surface area contributed by atoms with Crippen LogP contribution >= 0.6 is 0 Å². The Morgan fingerprint density at radius 3 is 3.00 bits per heavy atom. The van der Waals surface area contributed by atoms with Gasteiger partial charge in [-0.05, 0) is 25.0 Å². The van der Waals surface area contributed by atoms with Crippen molar-refractivity contribution in [2.24, 2.45) is 0 Å². The molecule has 0 amide bonds. The van der Waals surface area contributed by atoms with Crippen LogP contribution in [0.1, 0.15) is 25.0 Å². The van der Waals surface area contributed by atoms with Gasteiger partial charge in [0.15, 0.2) is 0 Å². The highest BCUT2D eigenvalue weighted by Gasteiger charge is 2.46. The number of rotatable bonds is 0. The summed E-state index contributed by atoms with van der Waals surface area (Å²) in [6.45, 7) is 1.18. The van der Waals surface area contributed by atoms with E-state index >= 15 is 0 Å². The fraction of sp³-hybridized carbons (Fsp3) is 0.545. The number of nitrogens with zero attached hydrogens (tertiary/aromatic N) is 2. The second-order valence-corrected chi connectivity index (χ2v) is 4.36. The summed E-state index contributed by atoms with van der Waals surface area (Å²) in [5.41, 5.74) is 3.14. The third-order valence-electron chi connectivity index (χ3n) is 3.55. The normalized spacial score (nSPS) is 23.0. The van der Waals surface area contributed by atoms with Gasteiger partial charge < -0.3 is 4.90 Å². The van der Waals surface area contributed by atoms with Crippen molar-refractivity contribution in [3.05, 3.63) is 24.0 Å². The van der Waals surface area contributed by atoms with Crippen LogP contribution in [0.15, 0.2) is 18.3 Å². The number of hydrogen-bond acceptors (Lipinski definition) is 2. The van der Waals surface area contributed by atoms with Crippen LogP contribution in [-0.2, 0) is 5.41 Å². The highest BCUT2D eigenvalue weighted by Crippen LogP contribution is 2.50. The molecule has 2 aliphatic rings. The maximum Gasteiger partial charge on any atom is 0.0715 e. The predicted molar refractivity (Wildman–Crippen MR) is 53.0 cm³/mol. The summed E-state index contributed by atoms with van der Waals surface area (Å²) in [5.74, 6) is 0. The highest BCUT2D eigenvalue weighted by molar-refractivity contribution is 5.59. The van der Waals surface area contributed by atoms with Gasteiger partial charge in [0.2, 0.25) is 0 Å². The lowest BCUT2D eigenvalue weighted by Gasteiger charge is -2.37. The molecule has 2 heterocycles. The van der Waals surface area contributed by atoms with E-state index in [-0.39, 0.29) is 0 Å². The van der Waals surface area contributed by atoms with Gasteiger partial charge in [0.25, 0.3) is 0 Å². The molecule has 1 saturated carbocycles. The molecule has 0 N–H and O–H groups in total. The molecule has 3 rings (SSSR count). The van der Waals surface area contributed by atoms with Gasteiger partial charge in [-0.3, -0.25) is 4.98 Å². The quantitative estimate of drug-likeness (QED) is 0.597. The first-order valence-electron chi connectivity index (χ1n) is 4.98. The first-order chi connectivity index (χ1) is 6.32. The average Bonchev–Trinajstić information content (AvgIpc) is 2.40. The van der Waals surface area contributed by atoms with Gasteiger partial charge in [0, 0.05) is 25.2 Å². The van der Waals surface area contributed by atoms with Crippen LogP contribution in [0.25, 0.3) is 0 Å². The lowest BCUT2D eigenvalue weighted by Crippen LogP contribution is -2.38. The molecular formula is C11H14N2. The molecule has 2 heteroatoms. The van der Waals surface area contributed by atoms with Crippen molar-refractivity contribution >= 4 is 5.69 Å². The lowest BCUT2D eigenvalue weighted by molar-refractivity contribution is 0.259. The summed E-state index contributed by atoms with van der Waals surface area (Å²) in [6.07, 6.45) is 5.98. The minimum atomic E-state index is 0.436. The number of fused-ring (bicyclic) bond motifs is 2. The standard InChI is InChI=1S/C11H14N2/c1-13-8-11(5-3-6-11)10-9(13)4-2-7-12-10/h2,4,7H,3,5-6,8H2,1H3. The molecule has 0 atom stereocenters. The molecule has 0 saturated heterocycles. The molecule has 0 unspecified atom stereocenters. The Morgan fingerprint density at radius 2 is 2.31 bits per heavy atom. The van der Waals surface area contributed by atoms with Crippen molar-refractivity contribution in [3.8, 4) is 0 Å². The monoisotopic (exact) mass is 174 g/mol. The van der Waals surface area contributed by atoms with Crippen molar-refractivity contribution < 1.29 is 0 Å². The summed E-state index contributed by atoms with van der Waals surface area (Å²) in [7, 11) is 2.17. The van der Waals surface area contributed by atoms with Crippen LogP contribution in [0, 0.1) is 0 Å². The SMILES string of the molecule is CN1CC2(CCC2)c2ncccc21. The summed E-state index contributed by atoms with van der Waals surface area (Å²) in [6, 6.07) is 4.22. The van der Waals surface area contributed by atoms with Gasteiger partial charge in [-0.2, -0.15) is 0 Å². The van der Waals surface area contributed by atoms with Crippen molar-refractivity contribution in [1.82, 2.24) is 4.98 Å². The van der Waals surface area contributed by atoms with Crippen molar-refractivity contribution in [2.45, 2.75) is 24.7 Å². The zero-order valence-corrected chi connectivity index (χ0v) is 7.95. The molecule has 0 radical (unpaired) electrons. The van der Waals surface area contributed by atoms with E-state index in [9.17, 15) is 0 Å². The minimum Gasteiger partial charge on any atom is -0.372 e. The molecule has 13 heavy (non-hydrogen) atoms. The Morgan fingerprint density at radius 1 is 1.46 bits per heavy atom. The van der Waals surface area contributed by atoms with Crippen molar-refractivity contribution in [3.63, 3.8) is 0 Å². The van der Waals surface area contributed by atoms with E-state index in [4.69, 9.17) is 0 Å². The van der Waals surface area contributed by atoms with Crippen LogP contribution in [-0.4, -0.2) is 18.6 Å². The Bertz CT molecular complexity index is 342. The molecule has 1 aromatic heterocycles. The van der Waals surface area contributed by atoms with Crippen LogP contribution in [0.2, 0.25) is 0 Å². The second-order valence-electron chi connectivity index (χ2n) is 4.36. The van der Waals surface area contributed by atoms with E-state index in [1.54, 1.807) is 0 Å². The van der Waals surface area contributed by atoms with Gasteiger partial charge >= 0.3 is 0 Å². The average molecular weight is 174 g/mol. The smallest absolute Gasteiger partial charge is 0.0715 e. The number of likely N-dealkylation sites (N-methyl/N-ethyl adjacent to an activating group) is 1. The highest BCUT2D eigenvalue weighted by atomic mass is 15.2. The summed E-state index contributed by atoms with van der Waals surface area (Å²) in [4.78, 5) is 6.89. The second kappa shape index (κ2) is 2.25. The molecular weight excluding hydrogens is 160 g/mol. The summed E-state index contributed by atoms with van der Waals surface area (Å²) in [5, 5.41) is 0. The van der Waals surface area contributed by atoms with E-state index in [0.717, 1.165) is 0 Å². The fourth-order valence-corrected chi connectivity index (χ4v) is 2.73. The maximum absolute atomic E-state index is 4.54. The largest absolute Gasteiger partial charge is 0.372 e. The molecule has 1 aliphatic heterocycles. The van der Waals surface area contributed by atoms with Gasteiger partial charge in [-0.25, -0.2) is 0 Å². The van der Waals surface area contributed by atoms with Gasteiger partial charge in [0.1, 0.15) is 0 Å². The van der Waals surface area contributed by atoms with E-state index in [0.29, 0.717) is 5.41 Å². The van der Waals surface area contributed by atoms with Crippen molar-refractivity contribution in [2.75, 3.05) is 18.5 Å². The minimum absolute atomic E-state index is 0.436. The number of aromatic nitrogens is 1. The molecule has 1 aromatic rings. The molecule has 2 nitrogen and oxygen atoms in total. The van der Waals surface area contributed by atoms with Gasteiger partial charge in [-0.1, -0.05) is 6.42 Å². The Labute approximate surface area is 78.6 Å².